The molecule has 3 rings (SSSR count). The summed E-state index contributed by atoms with van der Waals surface area (Å²) < 4.78 is 0. The third-order valence-electron chi connectivity index (χ3n) is 3.34. The van der Waals surface area contributed by atoms with Crippen LogP contribution < -0.4 is 4.90 Å². The Morgan fingerprint density at radius 2 is 2.18 bits per heavy atom. The maximum Gasteiger partial charge on any atom is 0.242 e. The lowest BCUT2D eigenvalue weighted by Crippen LogP contribution is -2.36. The number of carbonyl (C=O) groups is 1. The van der Waals surface area contributed by atoms with Crippen molar-refractivity contribution in [2.24, 2.45) is 0 Å². The first-order valence-corrected chi connectivity index (χ1v) is 7.64. The smallest absolute Gasteiger partial charge is 0.242 e. The fraction of sp³-hybridized carbons (Fsp3) is 0.286. The molecule has 0 saturated heterocycles. The second-order valence-corrected chi connectivity index (χ2v) is 6.02. The monoisotopic (exact) mass is 316 g/mol. The molecule has 0 bridgehead atoms. The van der Waals surface area contributed by atoms with Crippen LogP contribution in [0.2, 0.25) is 0 Å². The molecule has 0 aliphatic carbocycles. The fourth-order valence-electron chi connectivity index (χ4n) is 2.16. The number of hydrogen-bond acceptors (Lipinski definition) is 6. The number of amides is 1. The van der Waals surface area contributed by atoms with Crippen molar-refractivity contribution in [3.05, 3.63) is 35.0 Å². The maximum absolute atomic E-state index is 12.3. The Hall–Kier alpha value is -2.48. The lowest BCUT2D eigenvalue weighted by atomic mass is 10.4. The average molecular weight is 316 g/mol. The molecule has 22 heavy (non-hydrogen) atoms. The van der Waals surface area contributed by atoms with Gasteiger partial charge in [-0.25, -0.2) is 15.0 Å². The first-order chi connectivity index (χ1) is 10.6. The normalized spacial score (nSPS) is 10.8. The van der Waals surface area contributed by atoms with E-state index in [4.69, 9.17) is 0 Å². The van der Waals surface area contributed by atoms with Crippen LogP contribution in [0.3, 0.4) is 0 Å². The van der Waals surface area contributed by atoms with Crippen molar-refractivity contribution < 1.29 is 4.79 Å². The summed E-state index contributed by atoms with van der Waals surface area (Å²) in [5, 5.41) is 2.01. The van der Waals surface area contributed by atoms with Crippen LogP contribution in [0, 0.1) is 0 Å². The SMILES string of the molecule is CN(Cc1cccs1)C(=O)CN(C)c1ncnc2nc[nH]c12. The summed E-state index contributed by atoms with van der Waals surface area (Å²) in [5.74, 6) is 0.697. The number of nitrogens with zero attached hydrogens (tertiary/aromatic N) is 5. The first-order valence-electron chi connectivity index (χ1n) is 6.76. The zero-order valence-corrected chi connectivity index (χ0v) is 13.2. The summed E-state index contributed by atoms with van der Waals surface area (Å²) in [6.45, 7) is 0.862. The van der Waals surface area contributed by atoms with E-state index in [1.54, 1.807) is 27.5 Å². The van der Waals surface area contributed by atoms with Crippen molar-refractivity contribution in [3.63, 3.8) is 0 Å². The van der Waals surface area contributed by atoms with E-state index in [2.05, 4.69) is 19.9 Å². The number of thiophene rings is 1. The molecule has 7 nitrogen and oxygen atoms in total. The molecule has 0 aliphatic heterocycles. The number of fused-ring (bicyclic) bond motifs is 1. The highest BCUT2D eigenvalue weighted by Crippen LogP contribution is 2.18. The molecular formula is C14H16N6OS. The number of aromatic amines is 1. The van der Waals surface area contributed by atoms with Crippen molar-refractivity contribution in [2.75, 3.05) is 25.5 Å². The van der Waals surface area contributed by atoms with Crippen LogP contribution in [0.4, 0.5) is 5.82 Å². The molecule has 0 saturated carbocycles. The van der Waals surface area contributed by atoms with E-state index in [1.165, 1.54) is 6.33 Å². The van der Waals surface area contributed by atoms with Crippen LogP contribution in [0.15, 0.2) is 30.2 Å². The molecule has 1 amide bonds. The summed E-state index contributed by atoms with van der Waals surface area (Å²) in [7, 11) is 3.64. The largest absolute Gasteiger partial charge is 0.348 e. The van der Waals surface area contributed by atoms with Crippen molar-refractivity contribution in [3.8, 4) is 0 Å². The van der Waals surface area contributed by atoms with Gasteiger partial charge in [0, 0.05) is 19.0 Å². The van der Waals surface area contributed by atoms with Gasteiger partial charge in [-0.2, -0.15) is 0 Å². The second kappa shape index (κ2) is 6.10. The fourth-order valence-corrected chi connectivity index (χ4v) is 2.92. The van der Waals surface area contributed by atoms with Gasteiger partial charge in [-0.3, -0.25) is 4.79 Å². The van der Waals surface area contributed by atoms with Crippen LogP contribution in [0.1, 0.15) is 4.88 Å². The molecule has 0 aliphatic rings. The maximum atomic E-state index is 12.3. The topological polar surface area (TPSA) is 78.0 Å². The Balaban J connectivity index is 1.69. The number of anilines is 1. The highest BCUT2D eigenvalue weighted by Gasteiger charge is 2.16. The van der Waals surface area contributed by atoms with Crippen molar-refractivity contribution >= 4 is 34.2 Å². The van der Waals surface area contributed by atoms with Gasteiger partial charge in [0.2, 0.25) is 5.91 Å². The Bertz CT molecular complexity index is 769. The van der Waals surface area contributed by atoms with E-state index in [1.807, 2.05) is 31.6 Å². The first kappa shape index (κ1) is 14.5. The zero-order valence-electron chi connectivity index (χ0n) is 12.4. The average Bonchev–Trinajstić information content (AvgIpc) is 3.17. The molecule has 3 heterocycles. The Kier molecular flexibility index (Phi) is 4.01. The van der Waals surface area contributed by atoms with E-state index in [0.29, 0.717) is 18.0 Å². The Labute approximate surface area is 131 Å². The molecule has 0 radical (unpaired) electrons. The van der Waals surface area contributed by atoms with Gasteiger partial charge in [-0.05, 0) is 11.4 Å². The second-order valence-electron chi connectivity index (χ2n) is 4.98. The van der Waals surface area contributed by atoms with E-state index in [-0.39, 0.29) is 12.5 Å². The van der Waals surface area contributed by atoms with Gasteiger partial charge in [0.1, 0.15) is 11.8 Å². The van der Waals surface area contributed by atoms with Gasteiger partial charge >= 0.3 is 0 Å². The van der Waals surface area contributed by atoms with Crippen LogP contribution in [-0.4, -0.2) is 51.4 Å². The van der Waals surface area contributed by atoms with E-state index >= 15 is 0 Å². The predicted octanol–water partition coefficient (Wildman–Crippen LogP) is 1.51. The summed E-state index contributed by atoms with van der Waals surface area (Å²) in [4.78, 5) is 32.4. The minimum Gasteiger partial charge on any atom is -0.348 e. The number of aromatic nitrogens is 4. The number of nitrogens with one attached hydrogen (secondary N) is 1. The minimum absolute atomic E-state index is 0.0298. The lowest BCUT2D eigenvalue weighted by Gasteiger charge is -2.22. The number of carbonyl (C=O) groups excluding carboxylic acids is 1. The van der Waals surface area contributed by atoms with Gasteiger partial charge in [-0.15, -0.1) is 11.3 Å². The molecule has 0 aromatic carbocycles. The third kappa shape index (κ3) is 2.91. The molecule has 0 unspecified atom stereocenters. The molecule has 1 N–H and O–H groups in total. The lowest BCUT2D eigenvalue weighted by molar-refractivity contribution is -0.128. The van der Waals surface area contributed by atoms with E-state index in [9.17, 15) is 4.79 Å². The Morgan fingerprint density at radius 3 is 2.95 bits per heavy atom. The van der Waals surface area contributed by atoms with Crippen molar-refractivity contribution in [1.82, 2.24) is 24.8 Å². The number of H-pyrrole nitrogens is 1. The molecule has 114 valence electrons. The standard InChI is InChI=1S/C14H16N6OS/c1-19(6-10-4-3-5-22-10)11(21)7-20(2)14-12-13(16-8-15-12)17-9-18-14/h3-5,8-9H,6-7H2,1-2H3,(H,15,16,17,18). The third-order valence-corrected chi connectivity index (χ3v) is 4.20. The minimum atomic E-state index is 0.0298. The molecule has 0 spiro atoms. The zero-order chi connectivity index (χ0) is 15.5. The molecule has 8 heteroatoms. The van der Waals surface area contributed by atoms with E-state index < -0.39 is 0 Å². The van der Waals surface area contributed by atoms with Crippen LogP contribution in [-0.2, 0) is 11.3 Å². The molecular weight excluding hydrogens is 300 g/mol. The van der Waals surface area contributed by atoms with Crippen molar-refractivity contribution in [2.45, 2.75) is 6.54 Å². The van der Waals surface area contributed by atoms with Gasteiger partial charge in [0.05, 0.1) is 19.4 Å². The van der Waals surface area contributed by atoms with Crippen LogP contribution >= 0.6 is 11.3 Å². The number of imidazole rings is 1. The summed E-state index contributed by atoms with van der Waals surface area (Å²) >= 11 is 1.65. The molecule has 0 fully saturated rings. The molecule has 3 aromatic heterocycles. The number of rotatable bonds is 5. The highest BCUT2D eigenvalue weighted by molar-refractivity contribution is 7.09. The quantitative estimate of drug-likeness (QED) is 0.772. The molecule has 0 atom stereocenters. The highest BCUT2D eigenvalue weighted by atomic mass is 32.1. The van der Waals surface area contributed by atoms with E-state index in [0.717, 1.165) is 10.4 Å². The number of hydrogen-bond donors (Lipinski definition) is 1. The summed E-state index contributed by atoms with van der Waals surface area (Å²) in [6.07, 6.45) is 3.02. The van der Waals surface area contributed by atoms with Gasteiger partial charge < -0.3 is 14.8 Å². The van der Waals surface area contributed by atoms with Crippen LogP contribution in [0.5, 0.6) is 0 Å². The van der Waals surface area contributed by atoms with Gasteiger partial charge in [-0.1, -0.05) is 6.07 Å². The van der Waals surface area contributed by atoms with Crippen LogP contribution in [0.25, 0.3) is 11.2 Å². The predicted molar refractivity (Wildman–Crippen MR) is 85.7 cm³/mol. The Morgan fingerprint density at radius 1 is 1.32 bits per heavy atom. The van der Waals surface area contributed by atoms with Gasteiger partial charge in [0.15, 0.2) is 11.5 Å². The van der Waals surface area contributed by atoms with Gasteiger partial charge in [0.25, 0.3) is 0 Å². The molecule has 3 aromatic rings. The number of likely N-dealkylation sites (N-methyl/N-ethyl adjacent to an activating group) is 2. The summed E-state index contributed by atoms with van der Waals surface area (Å²) in [6, 6.07) is 4.01. The van der Waals surface area contributed by atoms with Crippen molar-refractivity contribution in [1.29, 1.82) is 0 Å². The summed E-state index contributed by atoms with van der Waals surface area (Å²) in [5.41, 5.74) is 1.33.